The van der Waals surface area contributed by atoms with Gasteiger partial charge in [-0.2, -0.15) is 0 Å². The first-order valence-corrected chi connectivity index (χ1v) is 7.60. The van der Waals surface area contributed by atoms with Gasteiger partial charge < -0.3 is 10.1 Å². The van der Waals surface area contributed by atoms with Crippen LogP contribution in [0.2, 0.25) is 0 Å². The van der Waals surface area contributed by atoms with Gasteiger partial charge in [-0.15, -0.1) is 11.3 Å². The number of hydrogen-bond acceptors (Lipinski definition) is 5. The van der Waals surface area contributed by atoms with Gasteiger partial charge in [0.2, 0.25) is 0 Å². The highest BCUT2D eigenvalue weighted by Crippen LogP contribution is 2.28. The highest BCUT2D eigenvalue weighted by Gasteiger charge is 2.32. The molecule has 1 unspecified atom stereocenters. The number of ether oxygens (including phenoxy) is 1. The molecule has 1 atom stereocenters. The number of aryl methyl sites for hydroxylation is 1. The Hall–Kier alpha value is -0.490. The summed E-state index contributed by atoms with van der Waals surface area (Å²) >= 11 is 1.76. The zero-order valence-electron chi connectivity index (χ0n) is 10.9. The quantitative estimate of drug-likeness (QED) is 0.875. The molecule has 0 bridgehead atoms. The van der Waals surface area contributed by atoms with Crippen molar-refractivity contribution >= 4 is 11.3 Å². The van der Waals surface area contributed by atoms with E-state index in [4.69, 9.17) is 4.74 Å². The standard InChI is InChI=1S/C13H21N3OS/c1-10-15-8-13(18-10)7-14-6-12-9-16(4-5-17-12)11-2-3-11/h8,11-12,14H,2-7,9H2,1H3. The van der Waals surface area contributed by atoms with E-state index >= 15 is 0 Å². The Morgan fingerprint density at radius 3 is 3.17 bits per heavy atom. The molecule has 4 nitrogen and oxygen atoms in total. The first-order chi connectivity index (χ1) is 8.81. The van der Waals surface area contributed by atoms with E-state index in [0.717, 1.165) is 43.8 Å². The summed E-state index contributed by atoms with van der Waals surface area (Å²) in [4.78, 5) is 8.16. The molecule has 2 heterocycles. The predicted molar refractivity (Wildman–Crippen MR) is 72.9 cm³/mol. The summed E-state index contributed by atoms with van der Waals surface area (Å²) in [5.74, 6) is 0. The lowest BCUT2D eigenvalue weighted by Gasteiger charge is -2.33. The molecule has 100 valence electrons. The van der Waals surface area contributed by atoms with Gasteiger partial charge in [0.1, 0.15) is 0 Å². The Morgan fingerprint density at radius 1 is 1.56 bits per heavy atom. The van der Waals surface area contributed by atoms with Crippen LogP contribution in [0.5, 0.6) is 0 Å². The Labute approximate surface area is 112 Å². The van der Waals surface area contributed by atoms with Gasteiger partial charge in [-0.05, 0) is 19.8 Å². The van der Waals surface area contributed by atoms with Gasteiger partial charge in [0, 0.05) is 43.3 Å². The van der Waals surface area contributed by atoms with E-state index in [1.165, 1.54) is 17.7 Å². The second-order valence-corrected chi connectivity index (χ2v) is 6.51. The van der Waals surface area contributed by atoms with Gasteiger partial charge in [0.15, 0.2) is 0 Å². The van der Waals surface area contributed by atoms with Crippen LogP contribution in [0.3, 0.4) is 0 Å². The second-order valence-electron chi connectivity index (χ2n) is 5.20. The van der Waals surface area contributed by atoms with Crippen LogP contribution in [0.4, 0.5) is 0 Å². The van der Waals surface area contributed by atoms with Crippen molar-refractivity contribution in [2.45, 2.75) is 38.5 Å². The van der Waals surface area contributed by atoms with Crippen molar-refractivity contribution in [3.05, 3.63) is 16.1 Å². The summed E-state index contributed by atoms with van der Waals surface area (Å²) in [5, 5.41) is 4.62. The van der Waals surface area contributed by atoms with Crippen LogP contribution in [-0.4, -0.2) is 48.3 Å². The zero-order chi connectivity index (χ0) is 12.4. The highest BCUT2D eigenvalue weighted by molar-refractivity contribution is 7.11. The molecule has 1 N–H and O–H groups in total. The first-order valence-electron chi connectivity index (χ1n) is 6.79. The van der Waals surface area contributed by atoms with Crippen molar-refractivity contribution in [2.75, 3.05) is 26.2 Å². The van der Waals surface area contributed by atoms with Crippen LogP contribution in [0, 0.1) is 6.92 Å². The Morgan fingerprint density at radius 2 is 2.44 bits per heavy atom. The predicted octanol–water partition coefficient (Wildman–Crippen LogP) is 1.40. The second kappa shape index (κ2) is 5.65. The third-order valence-corrected chi connectivity index (χ3v) is 4.49. The molecule has 0 amide bonds. The topological polar surface area (TPSA) is 37.4 Å². The fraction of sp³-hybridized carbons (Fsp3) is 0.769. The van der Waals surface area contributed by atoms with E-state index in [1.54, 1.807) is 11.3 Å². The molecule has 2 fully saturated rings. The summed E-state index contributed by atoms with van der Waals surface area (Å²) in [6.07, 6.45) is 5.10. The monoisotopic (exact) mass is 267 g/mol. The minimum Gasteiger partial charge on any atom is -0.374 e. The van der Waals surface area contributed by atoms with Crippen molar-refractivity contribution in [2.24, 2.45) is 0 Å². The van der Waals surface area contributed by atoms with Crippen LogP contribution >= 0.6 is 11.3 Å². The van der Waals surface area contributed by atoms with Gasteiger partial charge in [-0.25, -0.2) is 4.98 Å². The average Bonchev–Trinajstić information content (AvgIpc) is 3.14. The fourth-order valence-electron chi connectivity index (χ4n) is 2.48. The van der Waals surface area contributed by atoms with E-state index < -0.39 is 0 Å². The Balaban J connectivity index is 1.39. The molecule has 2 aliphatic rings. The van der Waals surface area contributed by atoms with Crippen LogP contribution in [0.25, 0.3) is 0 Å². The highest BCUT2D eigenvalue weighted by atomic mass is 32.1. The molecular weight excluding hydrogens is 246 g/mol. The zero-order valence-corrected chi connectivity index (χ0v) is 11.7. The van der Waals surface area contributed by atoms with Gasteiger partial charge in [-0.3, -0.25) is 4.90 Å². The van der Waals surface area contributed by atoms with Crippen LogP contribution in [0.15, 0.2) is 6.20 Å². The molecule has 3 rings (SSSR count). The fourth-order valence-corrected chi connectivity index (χ4v) is 3.24. The van der Waals surface area contributed by atoms with E-state index in [2.05, 4.69) is 15.2 Å². The third kappa shape index (κ3) is 3.29. The lowest BCUT2D eigenvalue weighted by Crippen LogP contribution is -2.47. The Bertz CT molecular complexity index is 391. The summed E-state index contributed by atoms with van der Waals surface area (Å²) in [6.45, 7) is 7.01. The average molecular weight is 267 g/mol. The van der Waals surface area contributed by atoms with E-state index in [9.17, 15) is 0 Å². The normalized spacial score (nSPS) is 25.5. The molecule has 1 aromatic rings. The maximum atomic E-state index is 5.81. The molecule has 18 heavy (non-hydrogen) atoms. The molecule has 0 spiro atoms. The number of thiazole rings is 1. The van der Waals surface area contributed by atoms with Gasteiger partial charge >= 0.3 is 0 Å². The van der Waals surface area contributed by atoms with E-state index in [0.29, 0.717) is 6.10 Å². The maximum absolute atomic E-state index is 5.81. The maximum Gasteiger partial charge on any atom is 0.0897 e. The van der Waals surface area contributed by atoms with Crippen LogP contribution in [0.1, 0.15) is 22.7 Å². The van der Waals surface area contributed by atoms with Crippen molar-refractivity contribution in [3.8, 4) is 0 Å². The van der Waals surface area contributed by atoms with Crippen molar-refractivity contribution < 1.29 is 4.74 Å². The smallest absolute Gasteiger partial charge is 0.0897 e. The third-order valence-electron chi connectivity index (χ3n) is 3.57. The molecule has 5 heteroatoms. The minimum absolute atomic E-state index is 0.355. The van der Waals surface area contributed by atoms with Crippen LogP contribution in [-0.2, 0) is 11.3 Å². The summed E-state index contributed by atoms with van der Waals surface area (Å²) in [5.41, 5.74) is 0. The number of nitrogens with zero attached hydrogens (tertiary/aromatic N) is 2. The minimum atomic E-state index is 0.355. The van der Waals surface area contributed by atoms with Crippen molar-refractivity contribution in [1.29, 1.82) is 0 Å². The van der Waals surface area contributed by atoms with Crippen molar-refractivity contribution in [3.63, 3.8) is 0 Å². The molecule has 0 aromatic carbocycles. The van der Waals surface area contributed by atoms with Crippen molar-refractivity contribution in [1.82, 2.24) is 15.2 Å². The molecule has 1 aliphatic carbocycles. The number of hydrogen-bond donors (Lipinski definition) is 1. The van der Waals surface area contributed by atoms with Gasteiger partial charge in [0.25, 0.3) is 0 Å². The molecule has 1 saturated heterocycles. The van der Waals surface area contributed by atoms with Crippen LogP contribution < -0.4 is 5.32 Å². The summed E-state index contributed by atoms with van der Waals surface area (Å²) in [6, 6.07) is 0.862. The Kier molecular flexibility index (Phi) is 3.94. The lowest BCUT2D eigenvalue weighted by atomic mass is 10.2. The number of rotatable bonds is 5. The largest absolute Gasteiger partial charge is 0.374 e. The molecule has 1 saturated carbocycles. The number of nitrogens with one attached hydrogen (secondary N) is 1. The number of morpholine rings is 1. The van der Waals surface area contributed by atoms with E-state index in [-0.39, 0.29) is 0 Å². The van der Waals surface area contributed by atoms with E-state index in [1.807, 2.05) is 13.1 Å². The summed E-state index contributed by atoms with van der Waals surface area (Å²) in [7, 11) is 0. The molecular formula is C13H21N3OS. The summed E-state index contributed by atoms with van der Waals surface area (Å²) < 4.78 is 5.81. The lowest BCUT2D eigenvalue weighted by molar-refractivity contribution is -0.0301. The van der Waals surface area contributed by atoms with Gasteiger partial charge in [0.05, 0.1) is 17.7 Å². The SMILES string of the molecule is Cc1ncc(CNCC2CN(C3CC3)CCO2)s1. The first kappa shape index (κ1) is 12.5. The van der Waals surface area contributed by atoms with Gasteiger partial charge in [-0.1, -0.05) is 0 Å². The number of aromatic nitrogens is 1. The molecule has 1 aromatic heterocycles. The molecule has 1 aliphatic heterocycles. The molecule has 0 radical (unpaired) electrons.